The molecule has 7 heteroatoms. The lowest BCUT2D eigenvalue weighted by Gasteiger charge is -2.13. The molecule has 4 rings (SSSR count). The Morgan fingerprint density at radius 2 is 1.77 bits per heavy atom. The minimum atomic E-state index is -0.682. The number of rotatable bonds is 6. The molecule has 1 aliphatic carbocycles. The monoisotopic (exact) mass is 404 g/mol. The van der Waals surface area contributed by atoms with Crippen LogP contribution in [0, 0.1) is 19.8 Å². The number of aromatic nitrogens is 3. The Morgan fingerprint density at radius 1 is 1.07 bits per heavy atom. The van der Waals surface area contributed by atoms with Gasteiger partial charge in [0.2, 0.25) is 5.69 Å². The van der Waals surface area contributed by atoms with Crippen molar-refractivity contribution in [3.8, 4) is 5.69 Å². The van der Waals surface area contributed by atoms with Gasteiger partial charge in [-0.1, -0.05) is 42.0 Å². The van der Waals surface area contributed by atoms with Crippen molar-refractivity contribution in [3.63, 3.8) is 0 Å². The van der Waals surface area contributed by atoms with E-state index >= 15 is 0 Å². The summed E-state index contributed by atoms with van der Waals surface area (Å²) in [6.07, 6.45) is 2.15. The number of benzene rings is 2. The molecular formula is C23H24N4O3. The number of carbonyl (C=O) groups excluding carboxylic acids is 1. The molecule has 30 heavy (non-hydrogen) atoms. The lowest BCUT2D eigenvalue weighted by molar-refractivity contribution is 0.0942. The van der Waals surface area contributed by atoms with Gasteiger partial charge in [0.25, 0.3) is 11.5 Å². The van der Waals surface area contributed by atoms with E-state index in [0.29, 0.717) is 18.2 Å². The molecule has 3 aromatic rings. The average molecular weight is 404 g/mol. The van der Waals surface area contributed by atoms with Crippen LogP contribution < -0.4 is 16.6 Å². The minimum absolute atomic E-state index is 0.0661. The van der Waals surface area contributed by atoms with Crippen LogP contribution in [0.2, 0.25) is 0 Å². The zero-order chi connectivity index (χ0) is 21.3. The molecular weight excluding hydrogens is 380 g/mol. The van der Waals surface area contributed by atoms with E-state index in [9.17, 15) is 14.4 Å². The van der Waals surface area contributed by atoms with Crippen molar-refractivity contribution in [1.29, 1.82) is 0 Å². The zero-order valence-electron chi connectivity index (χ0n) is 17.1. The van der Waals surface area contributed by atoms with Crippen LogP contribution in [0.4, 0.5) is 0 Å². The smallest absolute Gasteiger partial charge is 0.350 e. The van der Waals surface area contributed by atoms with Crippen molar-refractivity contribution < 1.29 is 4.79 Å². The third-order valence-electron chi connectivity index (χ3n) is 5.19. The molecule has 7 nitrogen and oxygen atoms in total. The first-order valence-electron chi connectivity index (χ1n) is 10.1. The maximum atomic E-state index is 13.2. The van der Waals surface area contributed by atoms with Crippen molar-refractivity contribution in [2.45, 2.75) is 33.2 Å². The quantitative estimate of drug-likeness (QED) is 0.682. The second kappa shape index (κ2) is 8.10. The standard InChI is InChI=1S/C23H24N4O3/c1-15-5-3-7-18(11-15)14-26-22(29)20(21(28)24-13-17-9-10-17)25-27(23(26)30)19-8-4-6-16(2)12-19/h3-8,11-12,17H,9-10,13-14H2,1-2H3,(H,24,28). The normalized spacial score (nSPS) is 13.3. The topological polar surface area (TPSA) is 86.0 Å². The molecule has 1 fully saturated rings. The van der Waals surface area contributed by atoms with Crippen LogP contribution in [0.1, 0.15) is 40.0 Å². The van der Waals surface area contributed by atoms with Gasteiger partial charge in [0.05, 0.1) is 12.2 Å². The summed E-state index contributed by atoms with van der Waals surface area (Å²) >= 11 is 0. The predicted octanol–water partition coefficient (Wildman–Crippen LogP) is 2.20. The van der Waals surface area contributed by atoms with Gasteiger partial charge in [-0.25, -0.2) is 4.79 Å². The number of hydrogen-bond acceptors (Lipinski definition) is 4. The summed E-state index contributed by atoms with van der Waals surface area (Å²) < 4.78 is 2.21. The highest BCUT2D eigenvalue weighted by atomic mass is 16.2. The second-order valence-electron chi connectivity index (χ2n) is 7.92. The first-order chi connectivity index (χ1) is 14.4. The first kappa shape index (κ1) is 19.8. The summed E-state index contributed by atoms with van der Waals surface area (Å²) in [4.78, 5) is 38.9. The van der Waals surface area contributed by atoms with Gasteiger partial charge in [-0.2, -0.15) is 9.78 Å². The number of aryl methyl sites for hydroxylation is 2. The van der Waals surface area contributed by atoms with Gasteiger partial charge in [-0.05, 0) is 55.9 Å². The van der Waals surface area contributed by atoms with E-state index in [0.717, 1.165) is 38.8 Å². The van der Waals surface area contributed by atoms with E-state index in [1.807, 2.05) is 50.2 Å². The minimum Gasteiger partial charge on any atom is -0.350 e. The molecule has 154 valence electrons. The van der Waals surface area contributed by atoms with Gasteiger partial charge in [0.15, 0.2) is 0 Å². The highest BCUT2D eigenvalue weighted by Crippen LogP contribution is 2.27. The number of carbonyl (C=O) groups is 1. The molecule has 1 N–H and O–H groups in total. The van der Waals surface area contributed by atoms with E-state index in [1.54, 1.807) is 12.1 Å². The van der Waals surface area contributed by atoms with Gasteiger partial charge < -0.3 is 5.32 Å². The summed E-state index contributed by atoms with van der Waals surface area (Å²) in [6.45, 7) is 4.43. The summed E-state index contributed by atoms with van der Waals surface area (Å²) in [6, 6.07) is 14.8. The van der Waals surface area contributed by atoms with E-state index < -0.39 is 17.2 Å². The average Bonchev–Trinajstić information content (AvgIpc) is 3.54. The first-order valence-corrected chi connectivity index (χ1v) is 10.1. The molecule has 1 saturated carbocycles. The Bertz CT molecular complexity index is 1220. The Labute approximate surface area is 174 Å². The third kappa shape index (κ3) is 4.25. The van der Waals surface area contributed by atoms with Crippen LogP contribution in [-0.2, 0) is 6.54 Å². The van der Waals surface area contributed by atoms with E-state index in [4.69, 9.17) is 0 Å². The Kier molecular flexibility index (Phi) is 5.35. The molecule has 2 aromatic carbocycles. The van der Waals surface area contributed by atoms with Gasteiger partial charge in [0, 0.05) is 6.54 Å². The SMILES string of the molecule is Cc1cccc(Cn2c(=O)c(C(=O)NCC3CC3)nn(-c3cccc(C)c3)c2=O)c1. The molecule has 0 aliphatic heterocycles. The van der Waals surface area contributed by atoms with Crippen molar-refractivity contribution in [2.75, 3.05) is 6.54 Å². The number of hydrogen-bond donors (Lipinski definition) is 1. The Morgan fingerprint density at radius 3 is 2.43 bits per heavy atom. The molecule has 0 saturated heterocycles. The number of amides is 1. The molecule has 1 aromatic heterocycles. The van der Waals surface area contributed by atoms with Crippen molar-refractivity contribution in [2.24, 2.45) is 5.92 Å². The summed E-state index contributed by atoms with van der Waals surface area (Å²) in [7, 11) is 0. The fourth-order valence-corrected chi connectivity index (χ4v) is 3.36. The zero-order valence-corrected chi connectivity index (χ0v) is 17.1. The van der Waals surface area contributed by atoms with Crippen LogP contribution in [0.3, 0.4) is 0 Å². The second-order valence-corrected chi connectivity index (χ2v) is 7.92. The van der Waals surface area contributed by atoms with E-state index in [-0.39, 0.29) is 12.2 Å². The highest BCUT2D eigenvalue weighted by molar-refractivity contribution is 5.91. The van der Waals surface area contributed by atoms with E-state index in [2.05, 4.69) is 10.4 Å². The predicted molar refractivity (Wildman–Crippen MR) is 114 cm³/mol. The van der Waals surface area contributed by atoms with Crippen LogP contribution >= 0.6 is 0 Å². The fourth-order valence-electron chi connectivity index (χ4n) is 3.36. The lowest BCUT2D eigenvalue weighted by Crippen LogP contribution is -2.46. The van der Waals surface area contributed by atoms with Crippen molar-refractivity contribution in [3.05, 3.63) is 91.8 Å². The number of nitrogens with zero attached hydrogens (tertiary/aromatic N) is 3. The van der Waals surface area contributed by atoms with Crippen LogP contribution in [0.5, 0.6) is 0 Å². The van der Waals surface area contributed by atoms with Crippen LogP contribution in [0.25, 0.3) is 5.69 Å². The van der Waals surface area contributed by atoms with Gasteiger partial charge in [-0.15, -0.1) is 0 Å². The van der Waals surface area contributed by atoms with Crippen molar-refractivity contribution >= 4 is 5.91 Å². The largest absolute Gasteiger partial charge is 0.352 e. The summed E-state index contributed by atoms with van der Waals surface area (Å²) in [5.41, 5.74) is 1.75. The molecule has 0 atom stereocenters. The molecule has 0 spiro atoms. The fraction of sp³-hybridized carbons (Fsp3) is 0.304. The Hall–Kier alpha value is -3.48. The maximum Gasteiger partial charge on any atom is 0.352 e. The van der Waals surface area contributed by atoms with Crippen LogP contribution in [0.15, 0.2) is 58.1 Å². The van der Waals surface area contributed by atoms with Gasteiger partial charge in [0.1, 0.15) is 0 Å². The lowest BCUT2D eigenvalue weighted by atomic mass is 10.1. The molecule has 1 aliphatic rings. The number of nitrogens with one attached hydrogen (secondary N) is 1. The summed E-state index contributed by atoms with van der Waals surface area (Å²) in [5, 5.41) is 6.94. The summed E-state index contributed by atoms with van der Waals surface area (Å²) in [5.74, 6) is -0.0857. The maximum absolute atomic E-state index is 13.2. The van der Waals surface area contributed by atoms with Crippen LogP contribution in [-0.4, -0.2) is 26.8 Å². The molecule has 0 unspecified atom stereocenters. The Balaban J connectivity index is 1.83. The van der Waals surface area contributed by atoms with Crippen molar-refractivity contribution in [1.82, 2.24) is 19.7 Å². The van der Waals surface area contributed by atoms with Gasteiger partial charge >= 0.3 is 5.69 Å². The highest BCUT2D eigenvalue weighted by Gasteiger charge is 2.25. The van der Waals surface area contributed by atoms with E-state index in [1.165, 1.54) is 0 Å². The molecule has 0 radical (unpaired) electrons. The molecule has 1 heterocycles. The van der Waals surface area contributed by atoms with Gasteiger partial charge in [-0.3, -0.25) is 14.2 Å². The molecule has 0 bridgehead atoms. The third-order valence-corrected chi connectivity index (χ3v) is 5.19. The molecule has 1 amide bonds.